The van der Waals surface area contributed by atoms with E-state index in [4.69, 9.17) is 9.79 Å². The first-order valence-corrected chi connectivity index (χ1v) is 8.53. The zero-order valence-electron chi connectivity index (χ0n) is 11.3. The molecule has 0 aromatic rings. The van der Waals surface area contributed by atoms with Crippen molar-refractivity contribution in [2.75, 3.05) is 0 Å². The quantitative estimate of drug-likeness (QED) is 0.432. The van der Waals surface area contributed by atoms with Gasteiger partial charge in [-0.1, -0.05) is 65.2 Å². The third-order valence-electron chi connectivity index (χ3n) is 3.09. The van der Waals surface area contributed by atoms with Crippen LogP contribution in [0.5, 0.6) is 0 Å². The Morgan fingerprint density at radius 1 is 1.06 bits per heavy atom. The van der Waals surface area contributed by atoms with E-state index in [1.807, 2.05) is 6.42 Å². The molecule has 0 aromatic carbocycles. The molecule has 17 heavy (non-hydrogen) atoms. The van der Waals surface area contributed by atoms with Gasteiger partial charge in [0.25, 0.3) is 0 Å². The lowest BCUT2D eigenvalue weighted by Crippen LogP contribution is -2.02. The van der Waals surface area contributed by atoms with Crippen LogP contribution < -0.4 is 0 Å². The highest BCUT2D eigenvalue weighted by molar-refractivity contribution is 7.52. The molecule has 4 heteroatoms. The lowest BCUT2D eigenvalue weighted by molar-refractivity contribution is 0.359. The van der Waals surface area contributed by atoms with Crippen LogP contribution in [0, 0.1) is 6.42 Å². The predicted molar refractivity (Wildman–Crippen MR) is 73.0 cm³/mol. The van der Waals surface area contributed by atoms with Gasteiger partial charge in [0.05, 0.1) is 5.66 Å². The normalized spacial score (nSPS) is 13.9. The second kappa shape index (κ2) is 10.1. The van der Waals surface area contributed by atoms with Gasteiger partial charge in [-0.3, -0.25) is 4.57 Å². The molecule has 0 aromatic heterocycles. The van der Waals surface area contributed by atoms with Crippen LogP contribution in [-0.4, -0.2) is 15.4 Å². The molecule has 1 unspecified atom stereocenters. The summed E-state index contributed by atoms with van der Waals surface area (Å²) in [5, 5.41) is 0. The average Bonchev–Trinajstić information content (AvgIpc) is 2.25. The smallest absolute Gasteiger partial charge is 0.324 e. The van der Waals surface area contributed by atoms with E-state index in [-0.39, 0.29) is 0 Å². The summed E-state index contributed by atoms with van der Waals surface area (Å²) >= 11 is 0. The van der Waals surface area contributed by atoms with Gasteiger partial charge in [-0.25, -0.2) is 0 Å². The number of unbranched alkanes of at least 4 members (excludes halogenated alkanes) is 8. The van der Waals surface area contributed by atoms with E-state index in [9.17, 15) is 4.57 Å². The second-order valence-corrected chi connectivity index (χ2v) is 6.93. The largest absolute Gasteiger partial charge is 0.328 e. The molecule has 0 fully saturated rings. The molecule has 0 aliphatic carbocycles. The van der Waals surface area contributed by atoms with E-state index in [1.54, 1.807) is 6.92 Å². The summed E-state index contributed by atoms with van der Waals surface area (Å²) in [5.41, 5.74) is -0.521. The van der Waals surface area contributed by atoms with Crippen LogP contribution >= 0.6 is 7.60 Å². The van der Waals surface area contributed by atoms with Crippen LogP contribution in [0.4, 0.5) is 0 Å². The summed E-state index contributed by atoms with van der Waals surface area (Å²) in [7, 11) is -3.86. The average molecular weight is 263 g/mol. The Morgan fingerprint density at radius 3 is 2.12 bits per heavy atom. The first-order chi connectivity index (χ1) is 7.98. The minimum atomic E-state index is -3.86. The maximum atomic E-state index is 10.9. The summed E-state index contributed by atoms with van der Waals surface area (Å²) in [6.07, 6.45) is 12.5. The van der Waals surface area contributed by atoms with Gasteiger partial charge in [0.2, 0.25) is 0 Å². The Kier molecular flexibility index (Phi) is 10.2. The van der Waals surface area contributed by atoms with E-state index in [0.717, 1.165) is 12.8 Å². The van der Waals surface area contributed by atoms with Gasteiger partial charge in [0, 0.05) is 0 Å². The third kappa shape index (κ3) is 11.0. The van der Waals surface area contributed by atoms with E-state index >= 15 is 0 Å². The Hall–Kier alpha value is 0.150. The lowest BCUT2D eigenvalue weighted by Gasteiger charge is -2.12. The molecule has 0 aliphatic heterocycles. The number of hydrogen-bond donors (Lipinski definition) is 2. The van der Waals surface area contributed by atoms with Crippen molar-refractivity contribution in [3.63, 3.8) is 0 Å². The summed E-state index contributed by atoms with van der Waals surface area (Å²) in [4.78, 5) is 17.8. The van der Waals surface area contributed by atoms with Crippen LogP contribution in [0.25, 0.3) is 0 Å². The number of hydrogen-bond acceptors (Lipinski definition) is 1. The first kappa shape index (κ1) is 17.2. The SMILES string of the molecule is CCCCCCCCC[CH]CC(C)P(=O)(O)O. The van der Waals surface area contributed by atoms with Crippen molar-refractivity contribution in [1.82, 2.24) is 0 Å². The van der Waals surface area contributed by atoms with Crippen molar-refractivity contribution >= 4 is 7.60 Å². The summed E-state index contributed by atoms with van der Waals surface area (Å²) in [6, 6.07) is 0. The Morgan fingerprint density at radius 2 is 1.59 bits per heavy atom. The lowest BCUT2D eigenvalue weighted by atomic mass is 10.1. The molecule has 0 amide bonds. The minimum Gasteiger partial charge on any atom is -0.324 e. The molecule has 0 rings (SSSR count). The van der Waals surface area contributed by atoms with Crippen LogP contribution in [0.3, 0.4) is 0 Å². The van der Waals surface area contributed by atoms with E-state index < -0.39 is 13.3 Å². The molecule has 3 nitrogen and oxygen atoms in total. The highest BCUT2D eigenvalue weighted by Gasteiger charge is 2.22. The first-order valence-electron chi connectivity index (χ1n) is 6.85. The molecular formula is C13H28O3P. The van der Waals surface area contributed by atoms with Crippen LogP contribution in [0.2, 0.25) is 0 Å². The van der Waals surface area contributed by atoms with E-state index in [0.29, 0.717) is 6.42 Å². The molecule has 0 heterocycles. The Balaban J connectivity index is 3.21. The van der Waals surface area contributed by atoms with Crippen molar-refractivity contribution in [1.29, 1.82) is 0 Å². The van der Waals surface area contributed by atoms with Gasteiger partial charge in [0.1, 0.15) is 0 Å². The topological polar surface area (TPSA) is 57.5 Å². The number of rotatable bonds is 11. The minimum absolute atomic E-state index is 0.521. The fraction of sp³-hybridized carbons (Fsp3) is 0.923. The van der Waals surface area contributed by atoms with Gasteiger partial charge < -0.3 is 9.79 Å². The van der Waals surface area contributed by atoms with Crippen LogP contribution in [-0.2, 0) is 4.57 Å². The molecule has 1 atom stereocenters. The predicted octanol–water partition coefficient (Wildman–Crippen LogP) is 4.29. The maximum absolute atomic E-state index is 10.9. The Bertz CT molecular complexity index is 213. The zero-order valence-corrected chi connectivity index (χ0v) is 12.2. The monoisotopic (exact) mass is 263 g/mol. The maximum Gasteiger partial charge on any atom is 0.328 e. The van der Waals surface area contributed by atoms with E-state index in [2.05, 4.69) is 6.92 Å². The molecule has 2 N–H and O–H groups in total. The summed E-state index contributed by atoms with van der Waals surface area (Å²) in [5.74, 6) is 0. The molecule has 0 bridgehead atoms. The van der Waals surface area contributed by atoms with Crippen molar-refractivity contribution in [2.24, 2.45) is 0 Å². The molecular weight excluding hydrogens is 235 g/mol. The van der Waals surface area contributed by atoms with Crippen molar-refractivity contribution in [3.05, 3.63) is 6.42 Å². The van der Waals surface area contributed by atoms with Crippen LogP contribution in [0.15, 0.2) is 0 Å². The highest BCUT2D eigenvalue weighted by Crippen LogP contribution is 2.43. The standard InChI is InChI=1S/C13H28O3P/c1-3-4-5-6-7-8-9-10-11-12-13(2)17(14,15)16/h11,13H,3-10,12H2,1-2H3,(H2,14,15,16). The van der Waals surface area contributed by atoms with Crippen molar-refractivity contribution in [2.45, 2.75) is 77.3 Å². The van der Waals surface area contributed by atoms with Gasteiger partial charge in [0.15, 0.2) is 0 Å². The van der Waals surface area contributed by atoms with Gasteiger partial charge in [-0.15, -0.1) is 0 Å². The van der Waals surface area contributed by atoms with Gasteiger partial charge >= 0.3 is 7.60 Å². The summed E-state index contributed by atoms with van der Waals surface area (Å²) in [6.45, 7) is 3.83. The van der Waals surface area contributed by atoms with E-state index in [1.165, 1.54) is 38.5 Å². The second-order valence-electron chi connectivity index (χ2n) is 4.87. The summed E-state index contributed by atoms with van der Waals surface area (Å²) < 4.78 is 10.9. The molecule has 0 saturated carbocycles. The van der Waals surface area contributed by atoms with Crippen LogP contribution in [0.1, 0.15) is 71.6 Å². The Labute approximate surface area is 106 Å². The molecule has 1 radical (unpaired) electrons. The third-order valence-corrected chi connectivity index (χ3v) is 4.45. The zero-order chi connectivity index (χ0) is 13.1. The van der Waals surface area contributed by atoms with Crippen molar-refractivity contribution < 1.29 is 14.4 Å². The fourth-order valence-corrected chi connectivity index (χ4v) is 2.17. The molecule has 0 saturated heterocycles. The highest BCUT2D eigenvalue weighted by atomic mass is 31.2. The molecule has 0 spiro atoms. The van der Waals surface area contributed by atoms with Gasteiger partial charge in [-0.05, 0) is 12.8 Å². The molecule has 103 valence electrons. The fourth-order valence-electron chi connectivity index (χ4n) is 1.74. The van der Waals surface area contributed by atoms with Gasteiger partial charge in [-0.2, -0.15) is 0 Å². The molecule has 0 aliphatic rings. The van der Waals surface area contributed by atoms with Crippen molar-refractivity contribution in [3.8, 4) is 0 Å².